The fraction of sp³-hybridized carbons (Fsp3) is 0.286. The normalized spacial score (nSPS) is 10.4. The second-order valence-corrected chi connectivity index (χ2v) is 4.27. The van der Waals surface area contributed by atoms with Crippen LogP contribution in [-0.2, 0) is 4.79 Å². The molecule has 2 N–H and O–H groups in total. The molecule has 0 spiro atoms. The van der Waals surface area contributed by atoms with E-state index < -0.39 is 0 Å². The Hall–Kier alpha value is -2.14. The van der Waals surface area contributed by atoms with E-state index in [2.05, 4.69) is 15.6 Å². The number of amides is 1. The zero-order valence-electron chi connectivity index (χ0n) is 11.1. The average molecular weight is 259 g/mol. The van der Waals surface area contributed by atoms with Crippen molar-refractivity contribution in [2.24, 2.45) is 0 Å². The van der Waals surface area contributed by atoms with Gasteiger partial charge in [-0.15, -0.1) is 0 Å². The predicted octanol–water partition coefficient (Wildman–Crippen LogP) is 2.20. The van der Waals surface area contributed by atoms with Crippen LogP contribution >= 0.6 is 0 Å². The molecule has 0 aliphatic heterocycles. The summed E-state index contributed by atoms with van der Waals surface area (Å²) in [6, 6.07) is 5.69. The summed E-state index contributed by atoms with van der Waals surface area (Å²) in [7, 11) is 1.82. The van der Waals surface area contributed by atoms with Crippen LogP contribution in [0.5, 0.6) is 0 Å². The van der Waals surface area contributed by atoms with Gasteiger partial charge in [-0.05, 0) is 31.7 Å². The summed E-state index contributed by atoms with van der Waals surface area (Å²) in [5, 5.41) is 5.80. The average Bonchev–Trinajstić information content (AvgIpc) is 2.92. The molecule has 0 bridgehead atoms. The molecule has 100 valence electrons. The van der Waals surface area contributed by atoms with Crippen molar-refractivity contribution >= 4 is 11.6 Å². The molecule has 5 nitrogen and oxygen atoms in total. The van der Waals surface area contributed by atoms with E-state index in [1.54, 1.807) is 6.20 Å². The highest BCUT2D eigenvalue weighted by atomic mass is 16.3. The summed E-state index contributed by atoms with van der Waals surface area (Å²) in [6.07, 6.45) is 3.58. The van der Waals surface area contributed by atoms with E-state index in [4.69, 9.17) is 4.42 Å². The first-order valence-corrected chi connectivity index (χ1v) is 6.15. The Morgan fingerprint density at radius 2 is 2.26 bits per heavy atom. The molecule has 0 aliphatic rings. The van der Waals surface area contributed by atoms with Gasteiger partial charge in [0.1, 0.15) is 6.26 Å². The fourth-order valence-corrected chi connectivity index (χ4v) is 1.75. The standard InChI is InChI=1S/C14H17N3O2/c1-10-3-4-11(17-13(18)5-6-15-2)9-12(10)14-16-7-8-19-14/h3-4,7-9,15H,5-6H2,1-2H3,(H,17,18). The van der Waals surface area contributed by atoms with E-state index in [1.165, 1.54) is 6.26 Å². The van der Waals surface area contributed by atoms with Crippen LogP contribution in [-0.4, -0.2) is 24.5 Å². The molecule has 1 aromatic heterocycles. The Bertz CT molecular complexity index is 550. The van der Waals surface area contributed by atoms with Gasteiger partial charge in [0.15, 0.2) is 0 Å². The number of benzene rings is 1. The third-order valence-electron chi connectivity index (χ3n) is 2.79. The lowest BCUT2D eigenvalue weighted by Crippen LogP contribution is -2.18. The lowest BCUT2D eigenvalue weighted by Gasteiger charge is -2.08. The smallest absolute Gasteiger partial charge is 0.226 e. The summed E-state index contributed by atoms with van der Waals surface area (Å²) >= 11 is 0. The molecule has 0 saturated heterocycles. The van der Waals surface area contributed by atoms with Gasteiger partial charge in [0.05, 0.1) is 6.20 Å². The highest BCUT2D eigenvalue weighted by Crippen LogP contribution is 2.25. The van der Waals surface area contributed by atoms with Gasteiger partial charge in [-0.1, -0.05) is 6.07 Å². The minimum absolute atomic E-state index is 0.0171. The van der Waals surface area contributed by atoms with Gasteiger partial charge in [0, 0.05) is 24.2 Å². The van der Waals surface area contributed by atoms with Crippen LogP contribution in [0.1, 0.15) is 12.0 Å². The number of nitrogens with one attached hydrogen (secondary N) is 2. The third kappa shape index (κ3) is 3.42. The van der Waals surface area contributed by atoms with E-state index in [1.807, 2.05) is 32.2 Å². The highest BCUT2D eigenvalue weighted by molar-refractivity contribution is 5.91. The van der Waals surface area contributed by atoms with E-state index in [-0.39, 0.29) is 5.91 Å². The lowest BCUT2D eigenvalue weighted by atomic mass is 10.1. The van der Waals surface area contributed by atoms with E-state index in [9.17, 15) is 4.79 Å². The van der Waals surface area contributed by atoms with Crippen LogP contribution in [0.2, 0.25) is 0 Å². The van der Waals surface area contributed by atoms with Gasteiger partial charge in [-0.25, -0.2) is 4.98 Å². The zero-order chi connectivity index (χ0) is 13.7. The number of oxazole rings is 1. The van der Waals surface area contributed by atoms with Crippen LogP contribution < -0.4 is 10.6 Å². The monoisotopic (exact) mass is 259 g/mol. The molecule has 2 rings (SSSR count). The Morgan fingerprint density at radius 3 is 2.95 bits per heavy atom. The Labute approximate surface area is 112 Å². The molecule has 0 unspecified atom stereocenters. The molecule has 0 radical (unpaired) electrons. The van der Waals surface area contributed by atoms with Crippen LogP contribution in [0.15, 0.2) is 35.1 Å². The van der Waals surface area contributed by atoms with Gasteiger partial charge in [0.25, 0.3) is 0 Å². The Balaban J connectivity index is 2.15. The number of carbonyl (C=O) groups is 1. The van der Waals surface area contributed by atoms with Crippen LogP contribution in [0.4, 0.5) is 5.69 Å². The fourth-order valence-electron chi connectivity index (χ4n) is 1.75. The van der Waals surface area contributed by atoms with E-state index >= 15 is 0 Å². The molecule has 0 atom stereocenters. The van der Waals surface area contributed by atoms with Crippen molar-refractivity contribution in [1.82, 2.24) is 10.3 Å². The number of hydrogen-bond donors (Lipinski definition) is 2. The number of aromatic nitrogens is 1. The van der Waals surface area contributed by atoms with Gasteiger partial charge < -0.3 is 15.1 Å². The number of carbonyl (C=O) groups excluding carboxylic acids is 1. The van der Waals surface area contributed by atoms with E-state index in [0.29, 0.717) is 18.9 Å². The second kappa shape index (κ2) is 6.15. The van der Waals surface area contributed by atoms with Gasteiger partial charge in [-0.3, -0.25) is 4.79 Å². The summed E-state index contributed by atoms with van der Waals surface area (Å²) in [5.41, 5.74) is 2.69. The Kier molecular flexibility index (Phi) is 4.30. The molecule has 19 heavy (non-hydrogen) atoms. The summed E-state index contributed by atoms with van der Waals surface area (Å²) in [5.74, 6) is 0.542. The first-order valence-electron chi connectivity index (χ1n) is 6.15. The van der Waals surface area contributed by atoms with Crippen molar-refractivity contribution < 1.29 is 9.21 Å². The second-order valence-electron chi connectivity index (χ2n) is 4.27. The number of hydrogen-bond acceptors (Lipinski definition) is 4. The topological polar surface area (TPSA) is 67.2 Å². The van der Waals surface area contributed by atoms with Crippen LogP contribution in [0, 0.1) is 6.92 Å². The predicted molar refractivity (Wildman–Crippen MR) is 73.8 cm³/mol. The van der Waals surface area contributed by atoms with Crippen molar-refractivity contribution in [3.8, 4) is 11.5 Å². The largest absolute Gasteiger partial charge is 0.445 e. The molecule has 0 aliphatic carbocycles. The molecule has 1 heterocycles. The van der Waals surface area contributed by atoms with E-state index in [0.717, 1.165) is 16.8 Å². The first kappa shape index (κ1) is 13.3. The van der Waals surface area contributed by atoms with Crippen LogP contribution in [0.3, 0.4) is 0 Å². The SMILES string of the molecule is CNCCC(=O)Nc1ccc(C)c(-c2ncco2)c1. The summed E-state index contributed by atoms with van der Waals surface area (Å²) in [6.45, 7) is 2.64. The molecular weight excluding hydrogens is 242 g/mol. The molecule has 5 heteroatoms. The minimum atomic E-state index is -0.0171. The molecule has 1 amide bonds. The number of rotatable bonds is 5. The van der Waals surface area contributed by atoms with Crippen molar-refractivity contribution in [2.45, 2.75) is 13.3 Å². The lowest BCUT2D eigenvalue weighted by molar-refractivity contribution is -0.116. The zero-order valence-corrected chi connectivity index (χ0v) is 11.1. The maximum absolute atomic E-state index is 11.7. The van der Waals surface area contributed by atoms with Crippen molar-refractivity contribution in [2.75, 3.05) is 18.9 Å². The number of aryl methyl sites for hydroxylation is 1. The maximum Gasteiger partial charge on any atom is 0.226 e. The molecule has 0 fully saturated rings. The van der Waals surface area contributed by atoms with Gasteiger partial charge in [-0.2, -0.15) is 0 Å². The third-order valence-corrected chi connectivity index (χ3v) is 2.79. The van der Waals surface area contributed by atoms with Crippen molar-refractivity contribution in [1.29, 1.82) is 0 Å². The molecule has 1 aromatic carbocycles. The molecule has 0 saturated carbocycles. The molecular formula is C14H17N3O2. The van der Waals surface area contributed by atoms with Crippen LogP contribution in [0.25, 0.3) is 11.5 Å². The van der Waals surface area contributed by atoms with Gasteiger partial charge in [0.2, 0.25) is 11.8 Å². The Morgan fingerprint density at radius 1 is 1.42 bits per heavy atom. The number of anilines is 1. The minimum Gasteiger partial charge on any atom is -0.445 e. The highest BCUT2D eigenvalue weighted by Gasteiger charge is 2.09. The first-order chi connectivity index (χ1) is 9.20. The van der Waals surface area contributed by atoms with Crippen molar-refractivity contribution in [3.63, 3.8) is 0 Å². The maximum atomic E-state index is 11.7. The van der Waals surface area contributed by atoms with Crippen molar-refractivity contribution in [3.05, 3.63) is 36.2 Å². The quantitative estimate of drug-likeness (QED) is 0.863. The summed E-state index contributed by atoms with van der Waals surface area (Å²) in [4.78, 5) is 15.8. The number of nitrogens with zero attached hydrogens (tertiary/aromatic N) is 1. The summed E-state index contributed by atoms with van der Waals surface area (Å²) < 4.78 is 5.29. The van der Waals surface area contributed by atoms with Gasteiger partial charge >= 0.3 is 0 Å². The molecule has 2 aromatic rings.